The van der Waals surface area contributed by atoms with Crippen molar-refractivity contribution in [1.82, 2.24) is 5.32 Å². The summed E-state index contributed by atoms with van der Waals surface area (Å²) in [7, 11) is 6.17. The summed E-state index contributed by atoms with van der Waals surface area (Å²) >= 11 is 0. The van der Waals surface area contributed by atoms with Crippen LogP contribution in [0.1, 0.15) is 252 Å². The third kappa shape index (κ3) is 41.3. The summed E-state index contributed by atoms with van der Waals surface area (Å²) < 4.78 is 18.2. The molecule has 1 amide bonds. The van der Waals surface area contributed by atoms with E-state index >= 15 is 0 Å². The van der Waals surface area contributed by atoms with Crippen LogP contribution in [0.3, 0.4) is 0 Å². The zero-order valence-electron chi connectivity index (χ0n) is 40.4. The first kappa shape index (κ1) is 57.2. The fraction of sp³-hybridized carbons (Fsp3) is 0.941. The van der Waals surface area contributed by atoms with Gasteiger partial charge in [0.25, 0.3) is 0 Å². The molecular weight excluding hydrogens is 737 g/mol. The van der Waals surface area contributed by atoms with Crippen molar-refractivity contribution in [2.24, 2.45) is 5.41 Å². The van der Waals surface area contributed by atoms with Gasteiger partial charge >= 0.3 is 18.0 Å². The molecule has 0 saturated carbocycles. The Morgan fingerprint density at radius 3 is 0.966 bits per heavy atom. The van der Waals surface area contributed by atoms with Crippen LogP contribution in [0.25, 0.3) is 0 Å². The fourth-order valence-corrected chi connectivity index (χ4v) is 8.17. The Morgan fingerprint density at radius 1 is 0.390 bits per heavy atom. The number of amides is 1. The molecule has 350 valence electrons. The molecule has 0 heterocycles. The molecule has 0 rings (SSSR count). The molecule has 0 atom stereocenters. The highest BCUT2D eigenvalue weighted by Crippen LogP contribution is 2.25. The third-order valence-corrected chi connectivity index (χ3v) is 11.7. The minimum atomic E-state index is -0.856. The number of alkyl carbamates (subject to hydrolysis) is 1. The largest absolute Gasteiger partial charge is 0.465 e. The Bertz CT molecular complexity index is 909. The van der Waals surface area contributed by atoms with Crippen molar-refractivity contribution in [2.75, 3.05) is 54.1 Å². The monoisotopic (exact) mass is 838 g/mol. The number of hydrogen-bond donors (Lipinski definition) is 1. The molecule has 0 spiro atoms. The van der Waals surface area contributed by atoms with Gasteiger partial charge in [-0.05, 0) is 19.3 Å². The molecular formula is C51H101N2O6+. The van der Waals surface area contributed by atoms with Crippen LogP contribution in [0.15, 0.2) is 0 Å². The van der Waals surface area contributed by atoms with Crippen LogP contribution < -0.4 is 5.32 Å². The lowest BCUT2D eigenvalue weighted by atomic mass is 9.89. The average Bonchev–Trinajstić information content (AvgIpc) is 3.20. The number of hydrogen-bond acceptors (Lipinski definition) is 6. The summed E-state index contributed by atoms with van der Waals surface area (Å²) in [5.74, 6) is -0.481. The minimum Gasteiger partial charge on any atom is -0.465 e. The lowest BCUT2D eigenvalue weighted by molar-refractivity contribution is -0.877. The van der Waals surface area contributed by atoms with Crippen molar-refractivity contribution in [3.63, 3.8) is 0 Å². The SMILES string of the molecule is CCCCCCCCCCCCCCNC(=O)OCC(COC(=O)CCCCCCCCCCCCC)(COC(=O)CCCCCCCCCCCCC)C[N+](C)(C)C. The van der Waals surface area contributed by atoms with Gasteiger partial charge in [0.1, 0.15) is 25.2 Å². The maximum atomic E-state index is 13.0. The number of ether oxygens (including phenoxy) is 3. The zero-order valence-corrected chi connectivity index (χ0v) is 40.4. The number of nitrogens with one attached hydrogen (secondary N) is 1. The standard InChI is InChI=1S/C51H100N2O6/c1-7-10-13-16-19-22-25-28-31-34-37-40-43-52-50(56)59-47-51(44-53(4,5)6,45-57-48(54)41-38-35-32-29-26-23-20-17-14-11-8-2)46-58-49(55)42-39-36-33-30-27-24-21-18-15-12-9-3/h7-47H2,1-6H3/p+1. The van der Waals surface area contributed by atoms with Crippen LogP contribution in [0.4, 0.5) is 4.79 Å². The van der Waals surface area contributed by atoms with Gasteiger partial charge in [0.05, 0.1) is 27.7 Å². The molecule has 8 nitrogen and oxygen atoms in total. The Balaban J connectivity index is 4.94. The highest BCUT2D eigenvalue weighted by Gasteiger charge is 2.41. The quantitative estimate of drug-likeness (QED) is 0.0284. The average molecular weight is 838 g/mol. The Kier molecular flexibility index (Phi) is 40.2. The smallest absolute Gasteiger partial charge is 0.407 e. The van der Waals surface area contributed by atoms with Gasteiger partial charge in [-0.25, -0.2) is 4.79 Å². The van der Waals surface area contributed by atoms with E-state index in [1.165, 1.54) is 167 Å². The van der Waals surface area contributed by atoms with Crippen LogP contribution in [0.2, 0.25) is 0 Å². The van der Waals surface area contributed by atoms with E-state index < -0.39 is 11.5 Å². The number of rotatable bonds is 45. The van der Waals surface area contributed by atoms with Gasteiger partial charge in [-0.15, -0.1) is 0 Å². The molecule has 0 aromatic rings. The Labute approximate surface area is 366 Å². The van der Waals surface area contributed by atoms with Gasteiger partial charge in [0, 0.05) is 19.4 Å². The van der Waals surface area contributed by atoms with Gasteiger partial charge in [0.15, 0.2) is 0 Å². The summed E-state index contributed by atoms with van der Waals surface area (Å²) in [6, 6.07) is 0. The lowest BCUT2D eigenvalue weighted by Crippen LogP contribution is -2.53. The van der Waals surface area contributed by atoms with Crippen molar-refractivity contribution >= 4 is 18.0 Å². The second kappa shape index (κ2) is 41.5. The molecule has 0 radical (unpaired) electrons. The number of quaternary nitrogens is 1. The Morgan fingerprint density at radius 2 is 0.661 bits per heavy atom. The van der Waals surface area contributed by atoms with Crippen molar-refractivity contribution in [3.8, 4) is 0 Å². The highest BCUT2D eigenvalue weighted by atomic mass is 16.6. The van der Waals surface area contributed by atoms with Gasteiger partial charge in [-0.1, -0.05) is 220 Å². The van der Waals surface area contributed by atoms with Crippen molar-refractivity contribution in [1.29, 1.82) is 0 Å². The summed E-state index contributed by atoms with van der Waals surface area (Å²) in [6.45, 7) is 7.94. The van der Waals surface area contributed by atoms with E-state index in [0.29, 0.717) is 30.4 Å². The molecule has 0 fully saturated rings. The first-order chi connectivity index (χ1) is 28.6. The van der Waals surface area contributed by atoms with E-state index in [-0.39, 0.29) is 31.8 Å². The first-order valence-electron chi connectivity index (χ1n) is 25.6. The highest BCUT2D eigenvalue weighted by molar-refractivity contribution is 5.70. The first-order valence-corrected chi connectivity index (χ1v) is 25.6. The number of esters is 2. The summed E-state index contributed by atoms with van der Waals surface area (Å²) in [6.07, 6.45) is 42.4. The van der Waals surface area contributed by atoms with Gasteiger partial charge < -0.3 is 24.0 Å². The third-order valence-electron chi connectivity index (χ3n) is 11.7. The number of carbonyl (C=O) groups is 3. The molecule has 0 aliphatic rings. The maximum absolute atomic E-state index is 13.0. The van der Waals surface area contributed by atoms with Gasteiger partial charge in [-0.2, -0.15) is 0 Å². The summed E-state index contributed by atoms with van der Waals surface area (Å²) in [5.41, 5.74) is -0.856. The van der Waals surface area contributed by atoms with E-state index in [1.54, 1.807) is 0 Å². The second-order valence-corrected chi connectivity index (χ2v) is 19.2. The lowest BCUT2D eigenvalue weighted by Gasteiger charge is -2.38. The molecule has 0 aromatic carbocycles. The van der Waals surface area contributed by atoms with Crippen LogP contribution in [-0.2, 0) is 23.8 Å². The van der Waals surface area contributed by atoms with Crippen LogP contribution in [0.5, 0.6) is 0 Å². The minimum absolute atomic E-state index is 0.00421. The fourth-order valence-electron chi connectivity index (χ4n) is 8.17. The molecule has 0 bridgehead atoms. The molecule has 0 aliphatic heterocycles. The van der Waals surface area contributed by atoms with Crippen LogP contribution in [-0.4, -0.2) is 76.6 Å². The molecule has 0 aromatic heterocycles. The molecule has 0 saturated heterocycles. The van der Waals surface area contributed by atoms with Crippen molar-refractivity contribution in [2.45, 2.75) is 252 Å². The van der Waals surface area contributed by atoms with E-state index in [9.17, 15) is 14.4 Å². The molecule has 59 heavy (non-hydrogen) atoms. The second-order valence-electron chi connectivity index (χ2n) is 19.2. The van der Waals surface area contributed by atoms with E-state index in [0.717, 1.165) is 51.4 Å². The Hall–Kier alpha value is -1.83. The normalized spacial score (nSPS) is 11.8. The topological polar surface area (TPSA) is 90.9 Å². The molecule has 1 N–H and O–H groups in total. The van der Waals surface area contributed by atoms with Gasteiger partial charge in [0.2, 0.25) is 0 Å². The molecule has 0 aliphatic carbocycles. The van der Waals surface area contributed by atoms with E-state index in [2.05, 4.69) is 47.2 Å². The predicted molar refractivity (Wildman–Crippen MR) is 250 cm³/mol. The molecule has 0 unspecified atom stereocenters. The van der Waals surface area contributed by atoms with E-state index in [4.69, 9.17) is 14.2 Å². The summed E-state index contributed by atoms with van der Waals surface area (Å²) in [4.78, 5) is 39.0. The molecule has 8 heteroatoms. The maximum Gasteiger partial charge on any atom is 0.407 e. The van der Waals surface area contributed by atoms with Crippen LogP contribution in [0, 0.1) is 5.41 Å². The summed E-state index contributed by atoms with van der Waals surface area (Å²) in [5, 5.41) is 2.93. The number of carbonyl (C=O) groups excluding carboxylic acids is 3. The zero-order chi connectivity index (χ0) is 43.6. The van der Waals surface area contributed by atoms with Crippen LogP contribution >= 0.6 is 0 Å². The number of unbranched alkanes of at least 4 members (excludes halogenated alkanes) is 31. The number of nitrogens with zero attached hydrogens (tertiary/aromatic N) is 1. The van der Waals surface area contributed by atoms with Gasteiger partial charge in [-0.3, -0.25) is 9.59 Å². The van der Waals surface area contributed by atoms with Crippen molar-refractivity contribution in [3.05, 3.63) is 0 Å². The van der Waals surface area contributed by atoms with Crippen molar-refractivity contribution < 1.29 is 33.1 Å². The van der Waals surface area contributed by atoms with E-state index in [1.807, 2.05) is 0 Å². The predicted octanol–water partition coefficient (Wildman–Crippen LogP) is 14.6.